The highest BCUT2D eigenvalue weighted by atomic mass is 35.5. The predicted octanol–water partition coefficient (Wildman–Crippen LogP) is 3.11. The van der Waals surface area contributed by atoms with Gasteiger partial charge in [-0.3, -0.25) is 4.79 Å². The largest absolute Gasteiger partial charge is 0.486 e. The van der Waals surface area contributed by atoms with E-state index < -0.39 is 0 Å². The molecule has 1 aliphatic heterocycles. The van der Waals surface area contributed by atoms with Crippen molar-refractivity contribution < 1.29 is 14.3 Å². The smallest absolute Gasteiger partial charge is 0.227 e. The SMILES string of the molecule is Cl.NCCN(CCc1ccccc1)C(=O)Cc1cc(Cl)c2c(c1)OCCO2. The molecule has 0 fully saturated rings. The summed E-state index contributed by atoms with van der Waals surface area (Å²) in [5.74, 6) is 1.18. The molecule has 2 aromatic rings. The summed E-state index contributed by atoms with van der Waals surface area (Å²) in [5, 5.41) is 0.472. The molecule has 0 atom stereocenters. The Morgan fingerprint density at radius 2 is 1.81 bits per heavy atom. The number of carbonyl (C=O) groups is 1. The zero-order valence-corrected chi connectivity index (χ0v) is 16.6. The fraction of sp³-hybridized carbons (Fsp3) is 0.350. The van der Waals surface area contributed by atoms with Crippen molar-refractivity contribution in [2.75, 3.05) is 32.8 Å². The zero-order valence-electron chi connectivity index (χ0n) is 15.0. The molecule has 1 aliphatic rings. The Labute approximate surface area is 170 Å². The maximum absolute atomic E-state index is 12.8. The van der Waals surface area contributed by atoms with Crippen molar-refractivity contribution in [3.05, 3.63) is 58.6 Å². The van der Waals surface area contributed by atoms with Crippen LogP contribution in [0.5, 0.6) is 11.5 Å². The van der Waals surface area contributed by atoms with Gasteiger partial charge in [0.25, 0.3) is 0 Å². The van der Waals surface area contributed by atoms with E-state index in [1.165, 1.54) is 5.56 Å². The van der Waals surface area contributed by atoms with E-state index in [2.05, 4.69) is 12.1 Å². The molecule has 146 valence electrons. The van der Waals surface area contributed by atoms with Crippen molar-refractivity contribution in [3.63, 3.8) is 0 Å². The van der Waals surface area contributed by atoms with Crippen molar-refractivity contribution in [1.29, 1.82) is 0 Å². The molecule has 0 spiro atoms. The highest BCUT2D eigenvalue weighted by molar-refractivity contribution is 6.32. The Morgan fingerprint density at radius 1 is 1.07 bits per heavy atom. The third-order valence-electron chi connectivity index (χ3n) is 4.28. The summed E-state index contributed by atoms with van der Waals surface area (Å²) in [6, 6.07) is 13.7. The minimum Gasteiger partial charge on any atom is -0.486 e. The highest BCUT2D eigenvalue weighted by Crippen LogP contribution is 2.38. The van der Waals surface area contributed by atoms with Gasteiger partial charge < -0.3 is 20.1 Å². The fourth-order valence-corrected chi connectivity index (χ4v) is 3.27. The molecule has 0 saturated heterocycles. The fourth-order valence-electron chi connectivity index (χ4n) is 2.98. The van der Waals surface area contributed by atoms with Crippen molar-refractivity contribution >= 4 is 29.9 Å². The van der Waals surface area contributed by atoms with Crippen LogP contribution < -0.4 is 15.2 Å². The highest BCUT2D eigenvalue weighted by Gasteiger charge is 2.19. The molecule has 0 unspecified atom stereocenters. The van der Waals surface area contributed by atoms with E-state index in [0.717, 1.165) is 12.0 Å². The van der Waals surface area contributed by atoms with Gasteiger partial charge in [0.15, 0.2) is 11.5 Å². The van der Waals surface area contributed by atoms with E-state index in [4.69, 9.17) is 26.8 Å². The average molecular weight is 411 g/mol. The number of nitrogens with zero attached hydrogens (tertiary/aromatic N) is 1. The Kier molecular flexibility index (Phi) is 8.23. The van der Waals surface area contributed by atoms with E-state index in [-0.39, 0.29) is 24.7 Å². The van der Waals surface area contributed by atoms with E-state index in [1.54, 1.807) is 11.0 Å². The monoisotopic (exact) mass is 410 g/mol. The number of amides is 1. The molecule has 3 rings (SSSR count). The second kappa shape index (κ2) is 10.4. The van der Waals surface area contributed by atoms with Gasteiger partial charge in [0.2, 0.25) is 5.91 Å². The second-order valence-electron chi connectivity index (χ2n) is 6.18. The predicted molar refractivity (Wildman–Crippen MR) is 109 cm³/mol. The number of hydrogen-bond acceptors (Lipinski definition) is 4. The van der Waals surface area contributed by atoms with E-state index in [0.29, 0.717) is 49.4 Å². The summed E-state index contributed by atoms with van der Waals surface area (Å²) < 4.78 is 11.1. The van der Waals surface area contributed by atoms with Crippen LogP contribution >= 0.6 is 24.0 Å². The van der Waals surface area contributed by atoms with Gasteiger partial charge in [-0.1, -0.05) is 41.9 Å². The van der Waals surface area contributed by atoms with Crippen LogP contribution in [-0.4, -0.2) is 43.7 Å². The number of ether oxygens (including phenoxy) is 2. The Bertz CT molecular complexity index is 756. The summed E-state index contributed by atoms with van der Waals surface area (Å²) in [6.07, 6.45) is 1.06. The van der Waals surface area contributed by atoms with Crippen LogP contribution in [0.3, 0.4) is 0 Å². The van der Waals surface area contributed by atoms with Gasteiger partial charge >= 0.3 is 0 Å². The molecule has 1 heterocycles. The van der Waals surface area contributed by atoms with E-state index >= 15 is 0 Å². The molecule has 0 bridgehead atoms. The molecule has 1 amide bonds. The molecule has 0 aromatic heterocycles. The third kappa shape index (κ3) is 5.76. The summed E-state index contributed by atoms with van der Waals surface area (Å²) in [6.45, 7) is 2.57. The molecule has 7 heteroatoms. The number of benzene rings is 2. The molecular weight excluding hydrogens is 387 g/mol. The van der Waals surface area contributed by atoms with E-state index in [9.17, 15) is 4.79 Å². The second-order valence-corrected chi connectivity index (χ2v) is 6.59. The van der Waals surface area contributed by atoms with Crippen molar-refractivity contribution in [3.8, 4) is 11.5 Å². The van der Waals surface area contributed by atoms with Gasteiger partial charge in [-0.25, -0.2) is 0 Å². The number of nitrogens with two attached hydrogens (primary N) is 1. The topological polar surface area (TPSA) is 64.8 Å². The zero-order chi connectivity index (χ0) is 18.4. The van der Waals surface area contributed by atoms with Crippen molar-refractivity contribution in [1.82, 2.24) is 4.90 Å². The minimum atomic E-state index is 0. The van der Waals surface area contributed by atoms with Gasteiger partial charge in [-0.15, -0.1) is 12.4 Å². The Balaban J connectivity index is 0.00000261. The number of hydrogen-bond donors (Lipinski definition) is 1. The normalized spacial score (nSPS) is 12.2. The van der Waals surface area contributed by atoms with Gasteiger partial charge in [0.1, 0.15) is 13.2 Å². The molecule has 0 radical (unpaired) electrons. The summed E-state index contributed by atoms with van der Waals surface area (Å²) in [7, 11) is 0. The van der Waals surface area contributed by atoms with E-state index in [1.807, 2.05) is 24.3 Å². The molecule has 0 aliphatic carbocycles. The number of fused-ring (bicyclic) bond motifs is 1. The lowest BCUT2D eigenvalue weighted by Crippen LogP contribution is -2.37. The first kappa shape index (κ1) is 21.4. The Morgan fingerprint density at radius 3 is 2.56 bits per heavy atom. The average Bonchev–Trinajstić information content (AvgIpc) is 2.66. The van der Waals surface area contributed by atoms with Crippen molar-refractivity contribution in [2.24, 2.45) is 5.73 Å². The number of halogens is 2. The molecular formula is C20H24Cl2N2O3. The summed E-state index contributed by atoms with van der Waals surface area (Å²) in [5.41, 5.74) is 7.70. The lowest BCUT2D eigenvalue weighted by atomic mass is 10.1. The van der Waals surface area contributed by atoms with Crippen LogP contribution in [0.2, 0.25) is 5.02 Å². The first-order valence-electron chi connectivity index (χ1n) is 8.77. The van der Waals surface area contributed by atoms with Crippen LogP contribution in [0.25, 0.3) is 0 Å². The summed E-state index contributed by atoms with van der Waals surface area (Å²) >= 11 is 6.26. The van der Waals surface area contributed by atoms with Crippen LogP contribution in [0.15, 0.2) is 42.5 Å². The molecule has 2 N–H and O–H groups in total. The lowest BCUT2D eigenvalue weighted by molar-refractivity contribution is -0.130. The molecule has 27 heavy (non-hydrogen) atoms. The molecule has 5 nitrogen and oxygen atoms in total. The van der Waals surface area contributed by atoms with Gasteiger partial charge in [-0.05, 0) is 29.7 Å². The van der Waals surface area contributed by atoms with Gasteiger partial charge in [0.05, 0.1) is 11.4 Å². The van der Waals surface area contributed by atoms with Crippen LogP contribution in [0, 0.1) is 0 Å². The number of rotatable bonds is 7. The molecule has 0 saturated carbocycles. The maximum atomic E-state index is 12.8. The van der Waals surface area contributed by atoms with Gasteiger partial charge in [0, 0.05) is 19.6 Å². The van der Waals surface area contributed by atoms with Gasteiger partial charge in [-0.2, -0.15) is 0 Å². The number of carbonyl (C=O) groups excluding carboxylic acids is 1. The standard InChI is InChI=1S/C20H23ClN2O3.ClH/c21-17-12-16(13-18-20(17)26-11-10-25-18)14-19(24)23(9-7-22)8-6-15-4-2-1-3-5-15;/h1-5,12-13H,6-11,14,22H2;1H. The molecule has 2 aromatic carbocycles. The van der Waals surface area contributed by atoms with Crippen LogP contribution in [0.1, 0.15) is 11.1 Å². The third-order valence-corrected chi connectivity index (χ3v) is 4.56. The minimum absolute atomic E-state index is 0. The van der Waals surface area contributed by atoms with Crippen LogP contribution in [-0.2, 0) is 17.6 Å². The summed E-state index contributed by atoms with van der Waals surface area (Å²) in [4.78, 5) is 14.6. The first-order chi connectivity index (χ1) is 12.7. The lowest BCUT2D eigenvalue weighted by Gasteiger charge is -2.23. The quantitative estimate of drug-likeness (QED) is 0.761. The van der Waals surface area contributed by atoms with Crippen LogP contribution in [0.4, 0.5) is 0 Å². The Hall–Kier alpha value is -1.95. The maximum Gasteiger partial charge on any atom is 0.227 e. The first-order valence-corrected chi connectivity index (χ1v) is 9.15. The van der Waals surface area contributed by atoms with Crippen molar-refractivity contribution in [2.45, 2.75) is 12.8 Å².